The van der Waals surface area contributed by atoms with Gasteiger partial charge in [0, 0.05) is 18.5 Å². The summed E-state index contributed by atoms with van der Waals surface area (Å²) in [5.41, 5.74) is 1.25. The van der Waals surface area contributed by atoms with E-state index in [4.69, 9.17) is 27.9 Å². The van der Waals surface area contributed by atoms with E-state index in [1.807, 2.05) is 30.5 Å². The summed E-state index contributed by atoms with van der Waals surface area (Å²) < 4.78 is 5.04. The van der Waals surface area contributed by atoms with Gasteiger partial charge in [-0.15, -0.1) is 11.8 Å². The quantitative estimate of drug-likeness (QED) is 0.530. The highest BCUT2D eigenvalue weighted by molar-refractivity contribution is 7.98. The minimum absolute atomic E-state index is 0.248. The van der Waals surface area contributed by atoms with Crippen molar-refractivity contribution in [3.8, 4) is 0 Å². The average molecular weight is 398 g/mol. The zero-order valence-corrected chi connectivity index (χ0v) is 16.1. The summed E-state index contributed by atoms with van der Waals surface area (Å²) in [7, 11) is 1.66. The molecule has 0 aromatic heterocycles. The second-order valence-corrected chi connectivity index (χ2v) is 7.00. The van der Waals surface area contributed by atoms with Crippen molar-refractivity contribution in [2.45, 2.75) is 11.4 Å². The molecule has 0 fully saturated rings. The molecule has 0 aliphatic rings. The maximum atomic E-state index is 12.1. The van der Waals surface area contributed by atoms with Crippen molar-refractivity contribution < 1.29 is 14.3 Å². The molecule has 0 N–H and O–H groups in total. The number of carbonyl (C=O) groups is 2. The first-order valence-corrected chi connectivity index (χ1v) is 9.38. The molecule has 2 rings (SSSR count). The third-order valence-corrected chi connectivity index (χ3v) is 4.97. The molecule has 0 aliphatic carbocycles. The van der Waals surface area contributed by atoms with Crippen LogP contribution in [0.3, 0.4) is 0 Å². The first-order chi connectivity index (χ1) is 11.9. The van der Waals surface area contributed by atoms with Crippen molar-refractivity contribution in [2.75, 3.05) is 19.9 Å². The molecule has 7 heteroatoms. The van der Waals surface area contributed by atoms with Crippen LogP contribution in [0.1, 0.15) is 15.9 Å². The molecule has 0 unspecified atom stereocenters. The fourth-order valence-corrected chi connectivity index (χ4v) is 2.74. The van der Waals surface area contributed by atoms with Gasteiger partial charge in [-0.2, -0.15) is 0 Å². The van der Waals surface area contributed by atoms with E-state index in [2.05, 4.69) is 0 Å². The van der Waals surface area contributed by atoms with Crippen molar-refractivity contribution >= 4 is 46.8 Å². The van der Waals surface area contributed by atoms with Crippen LogP contribution in [0.5, 0.6) is 0 Å². The fraction of sp³-hybridized carbons (Fsp3) is 0.222. The highest BCUT2D eigenvalue weighted by Crippen LogP contribution is 2.23. The number of hydrogen-bond acceptors (Lipinski definition) is 4. The molecule has 0 bridgehead atoms. The molecule has 25 heavy (non-hydrogen) atoms. The van der Waals surface area contributed by atoms with Crippen LogP contribution in [-0.2, 0) is 16.1 Å². The Bertz CT molecular complexity index is 765. The Morgan fingerprint density at radius 1 is 1.08 bits per heavy atom. The van der Waals surface area contributed by atoms with Gasteiger partial charge in [-0.05, 0) is 42.2 Å². The number of carbonyl (C=O) groups excluding carboxylic acids is 2. The van der Waals surface area contributed by atoms with E-state index in [9.17, 15) is 9.59 Å². The summed E-state index contributed by atoms with van der Waals surface area (Å²) in [5.74, 6) is -0.910. The van der Waals surface area contributed by atoms with Crippen LogP contribution in [0, 0.1) is 0 Å². The van der Waals surface area contributed by atoms with Crippen molar-refractivity contribution in [3.63, 3.8) is 0 Å². The van der Waals surface area contributed by atoms with Crippen LogP contribution >= 0.6 is 35.0 Å². The van der Waals surface area contributed by atoms with Crippen molar-refractivity contribution in [3.05, 3.63) is 63.6 Å². The van der Waals surface area contributed by atoms with Gasteiger partial charge in [-0.1, -0.05) is 35.3 Å². The summed E-state index contributed by atoms with van der Waals surface area (Å²) >= 11 is 13.3. The monoisotopic (exact) mass is 397 g/mol. The van der Waals surface area contributed by atoms with Gasteiger partial charge in [-0.3, -0.25) is 4.79 Å². The van der Waals surface area contributed by atoms with Crippen molar-refractivity contribution in [2.24, 2.45) is 0 Å². The summed E-state index contributed by atoms with van der Waals surface area (Å²) in [5, 5.41) is 0.606. The number of rotatable bonds is 6. The minimum atomic E-state index is -0.621. The summed E-state index contributed by atoms with van der Waals surface area (Å²) in [4.78, 5) is 26.8. The zero-order valence-electron chi connectivity index (χ0n) is 13.8. The molecule has 2 aromatic carbocycles. The van der Waals surface area contributed by atoms with Gasteiger partial charge in [0.1, 0.15) is 0 Å². The topological polar surface area (TPSA) is 46.6 Å². The Morgan fingerprint density at radius 3 is 2.36 bits per heavy atom. The Balaban J connectivity index is 1.87. The zero-order chi connectivity index (χ0) is 18.4. The molecule has 0 spiro atoms. The number of benzene rings is 2. The maximum absolute atomic E-state index is 12.1. The van der Waals surface area contributed by atoms with Gasteiger partial charge >= 0.3 is 5.97 Å². The van der Waals surface area contributed by atoms with Crippen LogP contribution in [0.2, 0.25) is 10.0 Å². The van der Waals surface area contributed by atoms with Gasteiger partial charge < -0.3 is 9.64 Å². The molecule has 0 atom stereocenters. The second kappa shape index (κ2) is 9.13. The molecule has 1 amide bonds. The predicted octanol–water partition coefficient (Wildman–Crippen LogP) is 4.53. The first-order valence-electron chi connectivity index (χ1n) is 7.39. The smallest absolute Gasteiger partial charge is 0.338 e. The summed E-state index contributed by atoms with van der Waals surface area (Å²) in [6.45, 7) is 0.107. The standard InChI is InChI=1S/C18H17Cl2NO3S/c1-21(10-12-3-6-14(25-2)7-4-12)17(22)11-24-18(23)13-5-8-15(19)16(20)9-13/h3-9H,10-11H2,1-2H3. The number of likely N-dealkylation sites (N-methyl/N-ethyl adjacent to an activating group) is 1. The number of thioether (sulfide) groups is 1. The molecular formula is C18H17Cl2NO3S. The van der Waals surface area contributed by atoms with E-state index in [0.29, 0.717) is 11.6 Å². The molecule has 0 saturated heterocycles. The van der Waals surface area contributed by atoms with Gasteiger partial charge in [-0.25, -0.2) is 4.79 Å². The van der Waals surface area contributed by atoms with Gasteiger partial charge in [0.05, 0.1) is 15.6 Å². The largest absolute Gasteiger partial charge is 0.452 e. The highest BCUT2D eigenvalue weighted by Gasteiger charge is 2.14. The lowest BCUT2D eigenvalue weighted by Gasteiger charge is -2.17. The van der Waals surface area contributed by atoms with Crippen molar-refractivity contribution in [1.29, 1.82) is 0 Å². The lowest BCUT2D eigenvalue weighted by atomic mass is 10.2. The molecule has 0 radical (unpaired) electrons. The van der Waals surface area contributed by atoms with Gasteiger partial charge in [0.15, 0.2) is 6.61 Å². The molecule has 0 heterocycles. The second-order valence-electron chi connectivity index (χ2n) is 5.30. The van der Waals surface area contributed by atoms with E-state index < -0.39 is 5.97 Å². The lowest BCUT2D eigenvalue weighted by Crippen LogP contribution is -2.30. The van der Waals surface area contributed by atoms with E-state index >= 15 is 0 Å². The molecule has 4 nitrogen and oxygen atoms in total. The third-order valence-electron chi connectivity index (χ3n) is 3.49. The maximum Gasteiger partial charge on any atom is 0.338 e. The minimum Gasteiger partial charge on any atom is -0.452 e. The SMILES string of the molecule is CSc1ccc(CN(C)C(=O)COC(=O)c2ccc(Cl)c(Cl)c2)cc1. The Hall–Kier alpha value is -1.69. The lowest BCUT2D eigenvalue weighted by molar-refractivity contribution is -0.133. The van der Waals surface area contributed by atoms with Crippen LogP contribution in [0.4, 0.5) is 0 Å². The predicted molar refractivity (Wildman–Crippen MR) is 101 cm³/mol. The number of ether oxygens (including phenoxy) is 1. The summed E-state index contributed by atoms with van der Waals surface area (Å²) in [6, 6.07) is 12.4. The van der Waals surface area contributed by atoms with E-state index in [1.165, 1.54) is 23.1 Å². The van der Waals surface area contributed by atoms with E-state index in [0.717, 1.165) is 10.5 Å². The van der Waals surface area contributed by atoms with Crippen LogP contribution in [0.15, 0.2) is 47.4 Å². The normalized spacial score (nSPS) is 10.4. The van der Waals surface area contributed by atoms with Crippen LogP contribution in [0.25, 0.3) is 0 Å². The molecule has 0 aliphatic heterocycles. The molecule has 0 saturated carbocycles. The highest BCUT2D eigenvalue weighted by atomic mass is 35.5. The van der Waals surface area contributed by atoms with Crippen LogP contribution in [-0.4, -0.2) is 36.7 Å². The Kier molecular flexibility index (Phi) is 7.17. The summed E-state index contributed by atoms with van der Waals surface area (Å²) in [6.07, 6.45) is 2.01. The van der Waals surface area contributed by atoms with Gasteiger partial charge in [0.2, 0.25) is 0 Å². The number of esters is 1. The van der Waals surface area contributed by atoms with E-state index in [1.54, 1.807) is 18.8 Å². The molecule has 2 aromatic rings. The first kappa shape index (κ1) is 19.6. The number of amides is 1. The fourth-order valence-electron chi connectivity index (χ4n) is 2.04. The van der Waals surface area contributed by atoms with Gasteiger partial charge in [0.25, 0.3) is 5.91 Å². The average Bonchev–Trinajstić information content (AvgIpc) is 2.62. The molecular weight excluding hydrogens is 381 g/mol. The third kappa shape index (κ3) is 5.66. The van der Waals surface area contributed by atoms with Crippen LogP contribution < -0.4 is 0 Å². The Labute approximate surface area is 161 Å². The molecule has 132 valence electrons. The Morgan fingerprint density at radius 2 is 1.76 bits per heavy atom. The van der Waals surface area contributed by atoms with Crippen molar-refractivity contribution in [1.82, 2.24) is 4.90 Å². The number of hydrogen-bond donors (Lipinski definition) is 0. The number of halogens is 2. The van der Waals surface area contributed by atoms with E-state index in [-0.39, 0.29) is 23.1 Å². The number of nitrogens with zero attached hydrogens (tertiary/aromatic N) is 1.